The molecule has 1 N–H and O–H groups in total. The van der Waals surface area contributed by atoms with Gasteiger partial charge in [0.05, 0.1) is 47.0 Å². The van der Waals surface area contributed by atoms with Crippen LogP contribution in [0.5, 0.6) is 5.75 Å². The van der Waals surface area contributed by atoms with E-state index >= 15 is 0 Å². The first kappa shape index (κ1) is 24.0. The molecule has 3 aromatic carbocycles. The van der Waals surface area contributed by atoms with Gasteiger partial charge in [-0.25, -0.2) is 4.98 Å². The number of carbonyl (C=O) groups excluding carboxylic acids is 1. The number of ether oxygens (including phenoxy) is 1. The fourth-order valence-electron chi connectivity index (χ4n) is 3.49. The highest BCUT2D eigenvalue weighted by molar-refractivity contribution is 7.99. The number of nitro benzene ring substituents is 1. The molecule has 0 aliphatic heterocycles. The number of hydrogen-bond acceptors (Lipinski definition) is 7. The second kappa shape index (κ2) is 10.4. The SMILES string of the molecule is COc1cc([N+](=O)[O-])ccc1NC(=O)CSc1nc2ccccc2c(=O)n1Cc1ccc(C)cc1. The number of hydrogen-bond donors (Lipinski definition) is 1. The summed E-state index contributed by atoms with van der Waals surface area (Å²) < 4.78 is 6.74. The summed E-state index contributed by atoms with van der Waals surface area (Å²) in [6, 6.07) is 18.9. The molecule has 0 atom stereocenters. The topological polar surface area (TPSA) is 116 Å². The Labute approximate surface area is 204 Å². The average Bonchev–Trinajstić information content (AvgIpc) is 2.86. The monoisotopic (exact) mass is 490 g/mol. The van der Waals surface area contributed by atoms with Gasteiger partial charge in [0.2, 0.25) is 5.91 Å². The summed E-state index contributed by atoms with van der Waals surface area (Å²) >= 11 is 1.14. The molecule has 0 radical (unpaired) electrons. The summed E-state index contributed by atoms with van der Waals surface area (Å²) in [6.45, 7) is 2.31. The Hall–Kier alpha value is -4.18. The van der Waals surface area contributed by atoms with Crippen molar-refractivity contribution in [2.75, 3.05) is 18.2 Å². The molecule has 1 heterocycles. The predicted octanol–water partition coefficient (Wildman–Crippen LogP) is 4.40. The molecule has 4 rings (SSSR count). The van der Waals surface area contributed by atoms with Gasteiger partial charge < -0.3 is 10.1 Å². The molecule has 0 unspecified atom stereocenters. The molecule has 0 saturated carbocycles. The second-order valence-electron chi connectivity index (χ2n) is 7.77. The summed E-state index contributed by atoms with van der Waals surface area (Å²) in [5.41, 5.74) is 2.60. The van der Waals surface area contributed by atoms with Gasteiger partial charge in [-0.2, -0.15) is 0 Å². The summed E-state index contributed by atoms with van der Waals surface area (Å²) in [4.78, 5) is 41.0. The van der Waals surface area contributed by atoms with E-state index in [0.29, 0.717) is 28.3 Å². The van der Waals surface area contributed by atoms with Crippen molar-refractivity contribution < 1.29 is 14.5 Å². The summed E-state index contributed by atoms with van der Waals surface area (Å²) in [5.74, 6) is -0.220. The van der Waals surface area contributed by atoms with E-state index in [1.54, 1.807) is 28.8 Å². The van der Waals surface area contributed by atoms with Gasteiger partial charge in [0, 0.05) is 6.07 Å². The van der Waals surface area contributed by atoms with E-state index in [1.165, 1.54) is 25.3 Å². The van der Waals surface area contributed by atoms with Gasteiger partial charge in [0.15, 0.2) is 5.16 Å². The maximum atomic E-state index is 13.3. The number of anilines is 1. The van der Waals surface area contributed by atoms with Crippen LogP contribution in [0.15, 0.2) is 76.7 Å². The Morgan fingerprint density at radius 3 is 2.60 bits per heavy atom. The molecule has 0 aliphatic rings. The van der Waals surface area contributed by atoms with Crippen LogP contribution in [0.3, 0.4) is 0 Å². The van der Waals surface area contributed by atoms with Gasteiger partial charge in [0.1, 0.15) is 5.75 Å². The third-order valence-corrected chi connectivity index (χ3v) is 6.27. The molecule has 178 valence electrons. The Morgan fingerprint density at radius 1 is 1.14 bits per heavy atom. The number of nitro groups is 1. The molecular weight excluding hydrogens is 468 g/mol. The normalized spacial score (nSPS) is 10.8. The number of carbonyl (C=O) groups is 1. The molecule has 1 aromatic heterocycles. The first-order valence-corrected chi connectivity index (χ1v) is 11.6. The van der Waals surface area contributed by atoms with Gasteiger partial charge >= 0.3 is 0 Å². The van der Waals surface area contributed by atoms with E-state index < -0.39 is 4.92 Å². The van der Waals surface area contributed by atoms with Crippen LogP contribution in [0, 0.1) is 17.0 Å². The zero-order valence-electron chi connectivity index (χ0n) is 19.1. The number of para-hydroxylation sites is 1. The highest BCUT2D eigenvalue weighted by atomic mass is 32.2. The molecule has 4 aromatic rings. The van der Waals surface area contributed by atoms with Crippen molar-refractivity contribution in [1.82, 2.24) is 9.55 Å². The van der Waals surface area contributed by atoms with Crippen LogP contribution in [-0.4, -0.2) is 33.2 Å². The van der Waals surface area contributed by atoms with Crippen molar-refractivity contribution in [2.45, 2.75) is 18.6 Å². The maximum absolute atomic E-state index is 13.3. The van der Waals surface area contributed by atoms with E-state index in [1.807, 2.05) is 31.2 Å². The van der Waals surface area contributed by atoms with E-state index in [9.17, 15) is 19.7 Å². The quantitative estimate of drug-likeness (QED) is 0.168. The summed E-state index contributed by atoms with van der Waals surface area (Å²) in [5, 5.41) is 14.6. The highest BCUT2D eigenvalue weighted by Crippen LogP contribution is 2.29. The van der Waals surface area contributed by atoms with Crippen molar-refractivity contribution in [3.05, 3.63) is 98.3 Å². The summed E-state index contributed by atoms with van der Waals surface area (Å²) in [7, 11) is 1.37. The molecule has 0 aliphatic carbocycles. The average molecular weight is 491 g/mol. The Bertz CT molecular complexity index is 1470. The number of nitrogens with zero attached hydrogens (tertiary/aromatic N) is 3. The van der Waals surface area contributed by atoms with Gasteiger partial charge in [-0.15, -0.1) is 0 Å². The van der Waals surface area contributed by atoms with Gasteiger partial charge in [-0.3, -0.25) is 24.3 Å². The minimum absolute atomic E-state index is 0.0289. The lowest BCUT2D eigenvalue weighted by Gasteiger charge is -2.14. The molecule has 0 spiro atoms. The standard InChI is InChI=1S/C25H22N4O5S/c1-16-7-9-17(10-8-16)14-28-24(31)19-5-3-4-6-20(19)27-25(28)35-15-23(30)26-21-12-11-18(29(32)33)13-22(21)34-2/h3-13H,14-15H2,1-2H3,(H,26,30). The first-order valence-electron chi connectivity index (χ1n) is 10.7. The highest BCUT2D eigenvalue weighted by Gasteiger charge is 2.16. The third-order valence-electron chi connectivity index (χ3n) is 5.29. The zero-order valence-corrected chi connectivity index (χ0v) is 19.9. The van der Waals surface area contributed by atoms with E-state index in [-0.39, 0.29) is 28.7 Å². The fraction of sp³-hybridized carbons (Fsp3) is 0.160. The molecule has 10 heteroatoms. The van der Waals surface area contributed by atoms with Crippen LogP contribution in [0.25, 0.3) is 10.9 Å². The van der Waals surface area contributed by atoms with E-state index in [2.05, 4.69) is 10.3 Å². The molecule has 0 saturated heterocycles. The van der Waals surface area contributed by atoms with Crippen LogP contribution in [-0.2, 0) is 11.3 Å². The Morgan fingerprint density at radius 2 is 1.89 bits per heavy atom. The van der Waals surface area contributed by atoms with Crippen LogP contribution in [0.4, 0.5) is 11.4 Å². The lowest BCUT2D eigenvalue weighted by atomic mass is 10.1. The molecule has 1 amide bonds. The van der Waals surface area contributed by atoms with Crippen molar-refractivity contribution in [2.24, 2.45) is 0 Å². The zero-order chi connectivity index (χ0) is 24.9. The van der Waals surface area contributed by atoms with E-state index in [4.69, 9.17) is 4.74 Å². The van der Waals surface area contributed by atoms with Crippen molar-refractivity contribution >= 4 is 39.9 Å². The molecule has 0 bridgehead atoms. The number of aromatic nitrogens is 2. The first-order chi connectivity index (χ1) is 16.9. The van der Waals surface area contributed by atoms with Crippen LogP contribution >= 0.6 is 11.8 Å². The second-order valence-corrected chi connectivity index (χ2v) is 8.71. The minimum Gasteiger partial charge on any atom is -0.494 e. The molecule has 0 fully saturated rings. The number of aryl methyl sites for hydroxylation is 1. The molecule has 9 nitrogen and oxygen atoms in total. The molecular formula is C25H22N4O5S. The number of non-ortho nitro benzene ring substituents is 1. The number of fused-ring (bicyclic) bond motifs is 1. The molecule has 35 heavy (non-hydrogen) atoms. The number of thioether (sulfide) groups is 1. The van der Waals surface area contributed by atoms with Crippen molar-refractivity contribution in [3.63, 3.8) is 0 Å². The third kappa shape index (κ3) is 5.49. The number of rotatable bonds is 8. The van der Waals surface area contributed by atoms with Crippen LogP contribution in [0.1, 0.15) is 11.1 Å². The number of benzene rings is 3. The smallest absolute Gasteiger partial charge is 0.273 e. The van der Waals surface area contributed by atoms with Gasteiger partial charge in [-0.05, 0) is 30.7 Å². The van der Waals surface area contributed by atoms with Crippen LogP contribution in [0.2, 0.25) is 0 Å². The number of methoxy groups -OCH3 is 1. The van der Waals surface area contributed by atoms with Crippen molar-refractivity contribution in [3.8, 4) is 5.75 Å². The Kier molecular flexibility index (Phi) is 7.11. The van der Waals surface area contributed by atoms with Gasteiger partial charge in [-0.1, -0.05) is 53.7 Å². The fourth-order valence-corrected chi connectivity index (χ4v) is 4.29. The maximum Gasteiger partial charge on any atom is 0.273 e. The van der Waals surface area contributed by atoms with E-state index in [0.717, 1.165) is 22.9 Å². The Balaban J connectivity index is 1.58. The van der Waals surface area contributed by atoms with Crippen molar-refractivity contribution in [1.29, 1.82) is 0 Å². The number of nitrogens with one attached hydrogen (secondary N) is 1. The van der Waals surface area contributed by atoms with Gasteiger partial charge in [0.25, 0.3) is 11.2 Å². The largest absolute Gasteiger partial charge is 0.494 e. The predicted molar refractivity (Wildman–Crippen MR) is 135 cm³/mol. The summed E-state index contributed by atoms with van der Waals surface area (Å²) in [6.07, 6.45) is 0. The lowest BCUT2D eigenvalue weighted by Crippen LogP contribution is -2.25. The number of amides is 1. The minimum atomic E-state index is -0.539. The lowest BCUT2D eigenvalue weighted by molar-refractivity contribution is -0.384. The van der Waals surface area contributed by atoms with Crippen LogP contribution < -0.4 is 15.6 Å².